The Labute approximate surface area is 135 Å². The van der Waals surface area contributed by atoms with Crippen molar-refractivity contribution in [2.75, 3.05) is 38.6 Å². The van der Waals surface area contributed by atoms with Gasteiger partial charge in [0.05, 0.1) is 0 Å². The Hall–Kier alpha value is -1.33. The van der Waals surface area contributed by atoms with E-state index in [1.165, 1.54) is 0 Å². The van der Waals surface area contributed by atoms with E-state index in [1.54, 1.807) is 6.08 Å². The summed E-state index contributed by atoms with van der Waals surface area (Å²) < 4.78 is 0.906. The molecule has 1 aromatic rings. The Kier molecular flexibility index (Phi) is 7.47. The third-order valence-electron chi connectivity index (χ3n) is 3.17. The zero-order valence-corrected chi connectivity index (χ0v) is 14.4. The largest absolute Gasteiger partial charge is 0.478 e. The third-order valence-corrected chi connectivity index (χ3v) is 3.86. The van der Waals surface area contributed by atoms with Crippen LogP contribution in [0.4, 0.5) is 5.69 Å². The summed E-state index contributed by atoms with van der Waals surface area (Å²) in [5, 5.41) is 8.67. The smallest absolute Gasteiger partial charge is 0.328 e. The molecule has 116 valence electrons. The number of benzene rings is 1. The topological polar surface area (TPSA) is 43.8 Å². The maximum absolute atomic E-state index is 10.6. The molecule has 0 aliphatic carbocycles. The highest BCUT2D eigenvalue weighted by molar-refractivity contribution is 9.10. The fourth-order valence-electron chi connectivity index (χ4n) is 2.06. The van der Waals surface area contributed by atoms with Gasteiger partial charge in [-0.1, -0.05) is 22.0 Å². The lowest BCUT2D eigenvalue weighted by atomic mass is 10.1. The lowest BCUT2D eigenvalue weighted by Gasteiger charge is -2.24. The number of rotatable bonds is 8. The van der Waals surface area contributed by atoms with Crippen LogP contribution in [-0.2, 0) is 4.79 Å². The predicted octanol–water partition coefficient (Wildman–Crippen LogP) is 3.32. The molecule has 1 rings (SSSR count). The van der Waals surface area contributed by atoms with Gasteiger partial charge in [0.2, 0.25) is 0 Å². The maximum Gasteiger partial charge on any atom is 0.328 e. The van der Waals surface area contributed by atoms with Crippen LogP contribution < -0.4 is 4.90 Å². The predicted molar refractivity (Wildman–Crippen MR) is 91.9 cm³/mol. The van der Waals surface area contributed by atoms with Crippen molar-refractivity contribution < 1.29 is 9.90 Å². The SMILES string of the molecule is CCN(CCCN(C)C)c1ccc(/C=C/C(=O)O)c(Br)c1. The van der Waals surface area contributed by atoms with Crippen LogP contribution in [0.15, 0.2) is 28.7 Å². The fraction of sp³-hybridized carbons (Fsp3) is 0.438. The van der Waals surface area contributed by atoms with Crippen molar-refractivity contribution in [1.29, 1.82) is 0 Å². The minimum atomic E-state index is -0.940. The van der Waals surface area contributed by atoms with Crippen molar-refractivity contribution in [2.24, 2.45) is 0 Å². The molecule has 0 heterocycles. The second-order valence-corrected chi connectivity index (χ2v) is 5.97. The van der Waals surface area contributed by atoms with E-state index < -0.39 is 5.97 Å². The van der Waals surface area contributed by atoms with Crippen LogP contribution in [-0.4, -0.2) is 49.7 Å². The lowest BCUT2D eigenvalue weighted by Crippen LogP contribution is -2.27. The zero-order chi connectivity index (χ0) is 15.8. The van der Waals surface area contributed by atoms with Crippen molar-refractivity contribution in [3.8, 4) is 0 Å². The Balaban J connectivity index is 2.77. The van der Waals surface area contributed by atoms with E-state index in [2.05, 4.69) is 46.7 Å². The summed E-state index contributed by atoms with van der Waals surface area (Å²) >= 11 is 3.51. The number of hydrogen-bond donors (Lipinski definition) is 1. The van der Waals surface area contributed by atoms with Gasteiger partial charge in [-0.05, 0) is 57.8 Å². The summed E-state index contributed by atoms with van der Waals surface area (Å²) in [7, 11) is 4.16. The van der Waals surface area contributed by atoms with Crippen molar-refractivity contribution in [1.82, 2.24) is 4.90 Å². The van der Waals surface area contributed by atoms with Gasteiger partial charge in [-0.25, -0.2) is 4.79 Å². The molecule has 0 aliphatic rings. The number of nitrogens with zero attached hydrogens (tertiary/aromatic N) is 2. The first-order valence-corrected chi connectivity index (χ1v) is 7.83. The van der Waals surface area contributed by atoms with Gasteiger partial charge >= 0.3 is 5.97 Å². The summed E-state index contributed by atoms with van der Waals surface area (Å²) in [6.45, 7) is 5.16. The number of carbonyl (C=O) groups is 1. The van der Waals surface area contributed by atoms with E-state index in [4.69, 9.17) is 5.11 Å². The molecule has 1 N–H and O–H groups in total. The van der Waals surface area contributed by atoms with Crippen LogP contribution in [0.5, 0.6) is 0 Å². The van der Waals surface area contributed by atoms with Crippen LogP contribution in [0, 0.1) is 0 Å². The van der Waals surface area contributed by atoms with Crippen molar-refractivity contribution >= 4 is 33.7 Å². The lowest BCUT2D eigenvalue weighted by molar-refractivity contribution is -0.131. The monoisotopic (exact) mass is 354 g/mol. The Morgan fingerprint density at radius 1 is 1.33 bits per heavy atom. The molecule has 0 bridgehead atoms. The molecule has 0 aliphatic heterocycles. The quantitative estimate of drug-likeness (QED) is 0.727. The van der Waals surface area contributed by atoms with Crippen LogP contribution in [0.25, 0.3) is 6.08 Å². The van der Waals surface area contributed by atoms with Gasteiger partial charge < -0.3 is 14.9 Å². The van der Waals surface area contributed by atoms with E-state index in [-0.39, 0.29) is 0 Å². The molecular weight excluding hydrogens is 332 g/mol. The van der Waals surface area contributed by atoms with Crippen molar-refractivity contribution in [3.05, 3.63) is 34.3 Å². The molecule has 0 fully saturated rings. The zero-order valence-electron chi connectivity index (χ0n) is 12.8. The minimum absolute atomic E-state index is 0.866. The normalized spacial score (nSPS) is 11.3. The maximum atomic E-state index is 10.6. The highest BCUT2D eigenvalue weighted by Gasteiger charge is 2.07. The minimum Gasteiger partial charge on any atom is -0.478 e. The molecule has 1 aromatic carbocycles. The van der Waals surface area contributed by atoms with E-state index in [1.807, 2.05) is 18.2 Å². The summed E-state index contributed by atoms with van der Waals surface area (Å²) in [6.07, 6.45) is 3.85. The van der Waals surface area contributed by atoms with Gasteiger partial charge in [0.1, 0.15) is 0 Å². The summed E-state index contributed by atoms with van der Waals surface area (Å²) in [5.41, 5.74) is 2.01. The Morgan fingerprint density at radius 3 is 2.57 bits per heavy atom. The van der Waals surface area contributed by atoms with Crippen LogP contribution in [0.1, 0.15) is 18.9 Å². The molecule has 21 heavy (non-hydrogen) atoms. The Morgan fingerprint density at radius 2 is 2.05 bits per heavy atom. The highest BCUT2D eigenvalue weighted by Crippen LogP contribution is 2.25. The van der Waals surface area contributed by atoms with E-state index in [9.17, 15) is 4.79 Å². The highest BCUT2D eigenvalue weighted by atomic mass is 79.9. The van der Waals surface area contributed by atoms with Gasteiger partial charge in [-0.3, -0.25) is 0 Å². The molecule has 0 unspecified atom stereocenters. The molecule has 5 heteroatoms. The van der Waals surface area contributed by atoms with Crippen molar-refractivity contribution in [3.63, 3.8) is 0 Å². The molecule has 0 amide bonds. The first-order valence-electron chi connectivity index (χ1n) is 7.04. The molecule has 0 aromatic heterocycles. The number of hydrogen-bond acceptors (Lipinski definition) is 3. The summed E-state index contributed by atoms with van der Waals surface area (Å²) in [6, 6.07) is 6.01. The third kappa shape index (κ3) is 6.31. The van der Waals surface area contributed by atoms with E-state index in [0.717, 1.165) is 47.9 Å². The molecular formula is C16H23BrN2O2. The number of anilines is 1. The van der Waals surface area contributed by atoms with Gasteiger partial charge in [0.25, 0.3) is 0 Å². The van der Waals surface area contributed by atoms with Gasteiger partial charge in [-0.15, -0.1) is 0 Å². The summed E-state index contributed by atoms with van der Waals surface area (Å²) in [5.74, 6) is -0.940. The van der Waals surface area contributed by atoms with Gasteiger partial charge in [0, 0.05) is 29.3 Å². The molecule has 0 atom stereocenters. The molecule has 0 radical (unpaired) electrons. The first kappa shape index (κ1) is 17.7. The molecule has 0 spiro atoms. The number of halogens is 1. The first-order chi connectivity index (χ1) is 9.93. The number of carboxylic acid groups (broad SMARTS) is 1. The standard InChI is InChI=1S/C16H23BrN2O2/c1-4-19(11-5-10-18(2)3)14-8-6-13(15(17)12-14)7-9-16(20)21/h6-9,12H,4-5,10-11H2,1-3H3,(H,20,21)/b9-7+. The van der Waals surface area contributed by atoms with Crippen LogP contribution in [0.3, 0.4) is 0 Å². The van der Waals surface area contributed by atoms with Crippen molar-refractivity contribution in [2.45, 2.75) is 13.3 Å². The van der Waals surface area contributed by atoms with Crippen LogP contribution >= 0.6 is 15.9 Å². The second-order valence-electron chi connectivity index (χ2n) is 5.11. The molecule has 4 nitrogen and oxygen atoms in total. The summed E-state index contributed by atoms with van der Waals surface area (Å²) in [4.78, 5) is 15.1. The fourth-order valence-corrected chi connectivity index (χ4v) is 2.56. The average Bonchev–Trinajstić information content (AvgIpc) is 2.42. The van der Waals surface area contributed by atoms with Crippen LogP contribution in [0.2, 0.25) is 0 Å². The number of aliphatic carboxylic acids is 1. The van der Waals surface area contributed by atoms with Gasteiger partial charge in [0.15, 0.2) is 0 Å². The van der Waals surface area contributed by atoms with E-state index >= 15 is 0 Å². The van der Waals surface area contributed by atoms with E-state index in [0.29, 0.717) is 0 Å². The second kappa shape index (κ2) is 8.85. The molecule has 0 saturated carbocycles. The average molecular weight is 355 g/mol. The Bertz CT molecular complexity index is 501. The van der Waals surface area contributed by atoms with Gasteiger partial charge in [-0.2, -0.15) is 0 Å². The molecule has 0 saturated heterocycles. The number of carboxylic acids is 1.